The van der Waals surface area contributed by atoms with Crippen molar-refractivity contribution in [2.75, 3.05) is 25.1 Å². The molecule has 13 heteroatoms. The molecule has 1 aliphatic heterocycles. The van der Waals surface area contributed by atoms with Crippen molar-refractivity contribution in [1.82, 2.24) is 30.2 Å². The lowest BCUT2D eigenvalue weighted by molar-refractivity contribution is -0.143. The van der Waals surface area contributed by atoms with Gasteiger partial charge in [-0.25, -0.2) is 14.8 Å². The van der Waals surface area contributed by atoms with Crippen molar-refractivity contribution in [3.05, 3.63) is 82.7 Å². The number of imide groups is 1. The summed E-state index contributed by atoms with van der Waals surface area (Å²) >= 11 is 0. The molecule has 0 spiro atoms. The van der Waals surface area contributed by atoms with Crippen LogP contribution in [-0.2, 0) is 9.53 Å². The average Bonchev–Trinajstić information content (AvgIpc) is 3.24. The Morgan fingerprint density at radius 3 is 2.33 bits per heavy atom. The van der Waals surface area contributed by atoms with E-state index in [0.717, 1.165) is 10.5 Å². The third-order valence-electron chi connectivity index (χ3n) is 6.63. The molecule has 13 nitrogen and oxygen atoms in total. The van der Waals surface area contributed by atoms with Gasteiger partial charge in [0.1, 0.15) is 6.04 Å². The van der Waals surface area contributed by atoms with Gasteiger partial charge >= 0.3 is 5.97 Å². The lowest BCUT2D eigenvalue weighted by Crippen LogP contribution is -2.42. The molecule has 42 heavy (non-hydrogen) atoms. The van der Waals surface area contributed by atoms with Gasteiger partial charge in [0, 0.05) is 12.1 Å². The van der Waals surface area contributed by atoms with Gasteiger partial charge in [-0.3, -0.25) is 19.3 Å². The van der Waals surface area contributed by atoms with Crippen LogP contribution in [0.3, 0.4) is 0 Å². The van der Waals surface area contributed by atoms with Crippen LogP contribution < -0.4 is 16.8 Å². The van der Waals surface area contributed by atoms with Crippen molar-refractivity contribution < 1.29 is 23.9 Å². The highest BCUT2D eigenvalue weighted by Gasteiger charge is 2.35. The molecule has 1 atom stereocenters. The summed E-state index contributed by atoms with van der Waals surface area (Å²) in [6, 6.07) is 12.3. The highest BCUT2D eigenvalue weighted by Crippen LogP contribution is 2.23. The summed E-state index contributed by atoms with van der Waals surface area (Å²) in [6.45, 7) is 0.103. The predicted molar refractivity (Wildman–Crippen MR) is 154 cm³/mol. The zero-order valence-electron chi connectivity index (χ0n) is 22.5. The van der Waals surface area contributed by atoms with Crippen molar-refractivity contribution >= 4 is 58.8 Å². The third kappa shape index (κ3) is 5.75. The highest BCUT2D eigenvalue weighted by molar-refractivity contribution is 6.21. The molecule has 2 aromatic carbocycles. The van der Waals surface area contributed by atoms with Crippen molar-refractivity contribution in [1.29, 1.82) is 0 Å². The lowest BCUT2D eigenvalue weighted by Gasteiger charge is -2.19. The molecule has 5 rings (SSSR count). The van der Waals surface area contributed by atoms with Crippen LogP contribution in [0.1, 0.15) is 55.2 Å². The lowest BCUT2D eigenvalue weighted by atomic mass is 10.1. The van der Waals surface area contributed by atoms with Crippen molar-refractivity contribution in [2.24, 2.45) is 0 Å². The van der Waals surface area contributed by atoms with Gasteiger partial charge in [0.05, 0.1) is 30.1 Å². The first-order valence-electron chi connectivity index (χ1n) is 12.9. The van der Waals surface area contributed by atoms with Gasteiger partial charge in [-0.2, -0.15) is 9.97 Å². The van der Waals surface area contributed by atoms with E-state index in [9.17, 15) is 19.2 Å². The molecule has 0 saturated heterocycles. The maximum Gasteiger partial charge on any atom is 0.328 e. The smallest absolute Gasteiger partial charge is 0.328 e. The maximum atomic E-state index is 12.9. The zero-order valence-corrected chi connectivity index (χ0v) is 22.5. The molecule has 4 aromatic rings. The number of aromatic nitrogens is 4. The van der Waals surface area contributed by atoms with Crippen LogP contribution in [0.25, 0.3) is 23.3 Å². The predicted octanol–water partition coefficient (Wildman–Crippen LogP) is 2.10. The number of hydrogen-bond acceptors (Lipinski definition) is 11. The molecule has 212 valence electrons. The molecule has 3 amide bonds. The molecule has 0 radical (unpaired) electrons. The molecular formula is C29H26N8O5. The summed E-state index contributed by atoms with van der Waals surface area (Å²) in [7, 11) is 1.23. The van der Waals surface area contributed by atoms with Gasteiger partial charge in [0.25, 0.3) is 17.7 Å². The summed E-state index contributed by atoms with van der Waals surface area (Å²) in [5, 5.41) is 2.68. The van der Waals surface area contributed by atoms with Crippen molar-refractivity contribution in [2.45, 2.75) is 18.9 Å². The van der Waals surface area contributed by atoms with Gasteiger partial charge in [0.15, 0.2) is 17.0 Å². The standard InChI is InChI=1S/C29H26N8O5/c1-42-28(41)21(7-4-14-37-26(39)19-5-2-3-6-20(19)27(37)40)34-25(38)17-11-8-16(9-12-17)10-13-18-15-32-24-22(33-18)23(30)35-29(31)36-24/h2-3,5-6,8-13,15,21H,4,7,14H2,1H3,(H,34,38)(H4,30,31,32,35,36)/b13-10+. The number of carbonyl (C=O) groups is 4. The normalized spacial score (nSPS) is 13.4. The van der Waals surface area contributed by atoms with Crippen LogP contribution >= 0.6 is 0 Å². The zero-order chi connectivity index (χ0) is 29.8. The minimum Gasteiger partial charge on any atom is -0.467 e. The van der Waals surface area contributed by atoms with E-state index in [1.807, 2.05) is 0 Å². The first kappa shape index (κ1) is 27.8. The fourth-order valence-corrected chi connectivity index (χ4v) is 4.50. The minimum absolute atomic E-state index is 0.0148. The first-order chi connectivity index (χ1) is 20.2. The summed E-state index contributed by atoms with van der Waals surface area (Å²) in [6.07, 6.45) is 5.48. The van der Waals surface area contributed by atoms with Crippen LogP contribution in [0.4, 0.5) is 11.8 Å². The van der Waals surface area contributed by atoms with Crippen molar-refractivity contribution in [3.8, 4) is 0 Å². The number of nitrogens with two attached hydrogens (primary N) is 2. The monoisotopic (exact) mass is 566 g/mol. The van der Waals surface area contributed by atoms with Gasteiger partial charge in [-0.1, -0.05) is 30.3 Å². The topological polar surface area (TPSA) is 196 Å². The number of hydrogen-bond donors (Lipinski definition) is 3. The number of nitrogens with zero attached hydrogens (tertiary/aromatic N) is 5. The number of amides is 3. The van der Waals surface area contributed by atoms with E-state index in [0.29, 0.717) is 33.5 Å². The Kier molecular flexibility index (Phi) is 7.82. The molecule has 1 unspecified atom stereocenters. The van der Waals surface area contributed by atoms with E-state index < -0.39 is 17.9 Å². The molecule has 0 aliphatic carbocycles. The number of rotatable bonds is 9. The van der Waals surface area contributed by atoms with E-state index in [2.05, 4.69) is 25.3 Å². The summed E-state index contributed by atoms with van der Waals surface area (Å²) < 4.78 is 4.85. The van der Waals surface area contributed by atoms with Crippen LogP contribution in [0.2, 0.25) is 0 Å². The Bertz CT molecular complexity index is 1700. The maximum absolute atomic E-state index is 12.9. The number of benzene rings is 2. The van der Waals surface area contributed by atoms with Gasteiger partial charge in [0.2, 0.25) is 5.95 Å². The van der Waals surface area contributed by atoms with Gasteiger partial charge in [-0.05, 0) is 48.7 Å². The number of esters is 1. The van der Waals surface area contributed by atoms with Crippen LogP contribution in [0.5, 0.6) is 0 Å². The second kappa shape index (κ2) is 11.8. The minimum atomic E-state index is -0.963. The Balaban J connectivity index is 1.19. The average molecular weight is 567 g/mol. The second-order valence-electron chi connectivity index (χ2n) is 9.39. The van der Waals surface area contributed by atoms with Gasteiger partial charge in [-0.15, -0.1) is 0 Å². The van der Waals surface area contributed by atoms with E-state index >= 15 is 0 Å². The molecule has 0 fully saturated rings. The summed E-state index contributed by atoms with van der Waals surface area (Å²) in [5.74, 6) is -1.71. The number of ether oxygens (including phenoxy) is 1. The quantitative estimate of drug-likeness (QED) is 0.198. The third-order valence-corrected chi connectivity index (χ3v) is 6.63. The van der Waals surface area contributed by atoms with Gasteiger partial charge < -0.3 is 21.5 Å². The number of methoxy groups -OCH3 is 1. The van der Waals surface area contributed by atoms with Crippen molar-refractivity contribution in [3.63, 3.8) is 0 Å². The Morgan fingerprint density at radius 1 is 0.976 bits per heavy atom. The SMILES string of the molecule is COC(=O)C(CCCN1C(=O)c2ccccc2C1=O)NC(=O)c1ccc(/C=C/c2cnc3nc(N)nc(N)c3n2)cc1. The molecule has 2 aromatic heterocycles. The Morgan fingerprint density at radius 2 is 1.67 bits per heavy atom. The number of nitrogens with one attached hydrogen (secondary N) is 1. The van der Waals surface area contributed by atoms with Crippen LogP contribution in [-0.4, -0.2) is 68.2 Å². The Labute approximate surface area is 239 Å². The summed E-state index contributed by atoms with van der Waals surface area (Å²) in [5.41, 5.74) is 14.4. The molecule has 0 saturated carbocycles. The van der Waals surface area contributed by atoms with E-state index in [1.165, 1.54) is 13.3 Å². The first-order valence-corrected chi connectivity index (χ1v) is 12.9. The van der Waals surface area contributed by atoms with Crippen LogP contribution in [0.15, 0.2) is 54.7 Å². The number of carbonyl (C=O) groups excluding carboxylic acids is 4. The molecule has 0 bridgehead atoms. The fraction of sp³-hybridized carbons (Fsp3) is 0.172. The van der Waals surface area contributed by atoms with Crippen LogP contribution in [0, 0.1) is 0 Å². The largest absolute Gasteiger partial charge is 0.467 e. The van der Waals surface area contributed by atoms with E-state index in [4.69, 9.17) is 16.2 Å². The molecular weight excluding hydrogens is 540 g/mol. The highest BCUT2D eigenvalue weighted by atomic mass is 16.5. The number of fused-ring (bicyclic) bond motifs is 2. The number of nitrogen functional groups attached to an aromatic ring is 2. The van der Waals surface area contributed by atoms with E-state index in [1.54, 1.807) is 60.7 Å². The molecule has 3 heterocycles. The molecule has 1 aliphatic rings. The fourth-order valence-electron chi connectivity index (χ4n) is 4.50. The van der Waals surface area contributed by atoms with E-state index in [-0.39, 0.29) is 43.0 Å². The number of anilines is 2. The second-order valence-corrected chi connectivity index (χ2v) is 9.39. The summed E-state index contributed by atoms with van der Waals surface area (Å²) in [4.78, 5) is 68.1. The molecule has 5 N–H and O–H groups in total. The Hall–Kier alpha value is -5.72.